The molecule has 0 aliphatic rings. The van der Waals surface area contributed by atoms with Gasteiger partial charge in [0.25, 0.3) is 0 Å². The van der Waals surface area contributed by atoms with E-state index in [1.54, 1.807) is 18.2 Å². The second kappa shape index (κ2) is 6.69. The predicted octanol–water partition coefficient (Wildman–Crippen LogP) is 3.97. The average molecular weight is 257 g/mol. The molecule has 0 bridgehead atoms. The van der Waals surface area contributed by atoms with E-state index < -0.39 is 6.61 Å². The Kier molecular flexibility index (Phi) is 5.54. The van der Waals surface area contributed by atoms with Crippen LogP contribution in [0.1, 0.15) is 38.8 Å². The molecular weight excluding hydrogens is 236 g/mol. The smallest absolute Gasteiger partial charge is 0.387 e. The second-order valence-electron chi connectivity index (χ2n) is 5.05. The Morgan fingerprint density at radius 2 is 1.78 bits per heavy atom. The zero-order valence-electron chi connectivity index (χ0n) is 11.1. The van der Waals surface area contributed by atoms with Crippen molar-refractivity contribution in [2.24, 2.45) is 17.6 Å². The lowest BCUT2D eigenvalue weighted by molar-refractivity contribution is -0.0507. The molecule has 0 saturated carbocycles. The third kappa shape index (κ3) is 4.26. The molecule has 0 saturated heterocycles. The molecule has 4 heteroatoms. The van der Waals surface area contributed by atoms with E-state index in [9.17, 15) is 8.78 Å². The van der Waals surface area contributed by atoms with Crippen molar-refractivity contribution in [3.63, 3.8) is 0 Å². The average Bonchev–Trinajstić information content (AvgIpc) is 2.27. The molecule has 0 radical (unpaired) electrons. The third-order valence-corrected chi connectivity index (χ3v) is 2.95. The normalized spacial score (nSPS) is 14.9. The highest BCUT2D eigenvalue weighted by molar-refractivity contribution is 5.36. The minimum Gasteiger partial charge on any atom is -0.434 e. The van der Waals surface area contributed by atoms with Crippen molar-refractivity contribution in [3.8, 4) is 5.75 Å². The fourth-order valence-corrected chi connectivity index (χ4v) is 2.16. The van der Waals surface area contributed by atoms with Crippen LogP contribution >= 0.6 is 0 Å². The molecule has 0 heterocycles. The summed E-state index contributed by atoms with van der Waals surface area (Å²) >= 11 is 0. The highest BCUT2D eigenvalue weighted by Gasteiger charge is 2.20. The monoisotopic (exact) mass is 257 g/mol. The first-order chi connectivity index (χ1) is 8.41. The Hall–Kier alpha value is -1.16. The van der Waals surface area contributed by atoms with Crippen LogP contribution in [0.15, 0.2) is 24.3 Å². The van der Waals surface area contributed by atoms with Gasteiger partial charge in [0.05, 0.1) is 0 Å². The number of hydrogen-bond donors (Lipinski definition) is 1. The third-order valence-electron chi connectivity index (χ3n) is 2.95. The molecule has 18 heavy (non-hydrogen) atoms. The van der Waals surface area contributed by atoms with Crippen LogP contribution in [-0.4, -0.2) is 6.61 Å². The zero-order valence-corrected chi connectivity index (χ0v) is 11.1. The lowest BCUT2D eigenvalue weighted by Gasteiger charge is -2.23. The molecule has 2 atom stereocenters. The number of ether oxygens (including phenoxy) is 1. The van der Waals surface area contributed by atoms with Gasteiger partial charge in [0.15, 0.2) is 0 Å². The first kappa shape index (κ1) is 14.9. The van der Waals surface area contributed by atoms with Crippen LogP contribution in [0.3, 0.4) is 0 Å². The number of rotatable bonds is 6. The summed E-state index contributed by atoms with van der Waals surface area (Å²) in [4.78, 5) is 0. The highest BCUT2D eigenvalue weighted by atomic mass is 19.3. The van der Waals surface area contributed by atoms with Gasteiger partial charge < -0.3 is 10.5 Å². The zero-order chi connectivity index (χ0) is 13.7. The number of halogens is 2. The van der Waals surface area contributed by atoms with Gasteiger partial charge in [0.2, 0.25) is 0 Å². The van der Waals surface area contributed by atoms with Gasteiger partial charge in [0, 0.05) is 11.6 Å². The molecule has 0 aliphatic carbocycles. The van der Waals surface area contributed by atoms with E-state index in [1.165, 1.54) is 6.07 Å². The van der Waals surface area contributed by atoms with Crippen LogP contribution in [0, 0.1) is 11.8 Å². The number of benzene rings is 1. The Labute approximate surface area is 107 Å². The van der Waals surface area contributed by atoms with Gasteiger partial charge in [-0.25, -0.2) is 0 Å². The first-order valence-corrected chi connectivity index (χ1v) is 6.21. The van der Waals surface area contributed by atoms with Gasteiger partial charge in [-0.2, -0.15) is 8.78 Å². The van der Waals surface area contributed by atoms with E-state index in [2.05, 4.69) is 18.6 Å². The van der Waals surface area contributed by atoms with Crippen LogP contribution in [0.5, 0.6) is 5.75 Å². The molecule has 2 N–H and O–H groups in total. The van der Waals surface area contributed by atoms with E-state index >= 15 is 0 Å². The van der Waals surface area contributed by atoms with Crippen LogP contribution in [0.25, 0.3) is 0 Å². The Morgan fingerprint density at radius 3 is 2.33 bits per heavy atom. The largest absolute Gasteiger partial charge is 0.434 e. The summed E-state index contributed by atoms with van der Waals surface area (Å²) in [5.41, 5.74) is 6.78. The summed E-state index contributed by atoms with van der Waals surface area (Å²) in [6.07, 6.45) is 0.949. The Morgan fingerprint density at radius 1 is 1.17 bits per heavy atom. The predicted molar refractivity (Wildman–Crippen MR) is 68.6 cm³/mol. The van der Waals surface area contributed by atoms with Crippen molar-refractivity contribution in [1.29, 1.82) is 0 Å². The molecule has 0 aromatic heterocycles. The molecule has 0 aliphatic heterocycles. The maximum atomic E-state index is 12.3. The maximum absolute atomic E-state index is 12.3. The molecule has 1 rings (SSSR count). The van der Waals surface area contributed by atoms with E-state index in [-0.39, 0.29) is 17.7 Å². The molecule has 1 aromatic carbocycles. The standard InChI is InChI=1S/C14H21F2NO/c1-9(2)8-10(3)13(17)11-6-4-5-7-12(11)18-14(15)16/h4-7,9-10,13-14H,8,17H2,1-3H3. The fraction of sp³-hybridized carbons (Fsp3) is 0.571. The quantitative estimate of drug-likeness (QED) is 0.836. The Balaban J connectivity index is 2.87. The lowest BCUT2D eigenvalue weighted by atomic mass is 9.88. The number of para-hydroxylation sites is 1. The number of alkyl halides is 2. The summed E-state index contributed by atoms with van der Waals surface area (Å²) in [6, 6.07) is 6.45. The van der Waals surface area contributed by atoms with Gasteiger partial charge in [-0.05, 0) is 24.3 Å². The van der Waals surface area contributed by atoms with Crippen molar-refractivity contribution in [3.05, 3.63) is 29.8 Å². The number of hydrogen-bond acceptors (Lipinski definition) is 2. The van der Waals surface area contributed by atoms with E-state index in [1.807, 2.05) is 6.92 Å². The van der Waals surface area contributed by atoms with E-state index in [0.717, 1.165) is 6.42 Å². The van der Waals surface area contributed by atoms with Crippen molar-refractivity contribution >= 4 is 0 Å². The van der Waals surface area contributed by atoms with E-state index in [4.69, 9.17) is 5.73 Å². The SMILES string of the molecule is CC(C)CC(C)C(N)c1ccccc1OC(F)F. The van der Waals surface area contributed by atoms with Gasteiger partial charge in [-0.1, -0.05) is 39.0 Å². The van der Waals surface area contributed by atoms with Crippen molar-refractivity contribution in [2.45, 2.75) is 39.8 Å². The molecule has 2 nitrogen and oxygen atoms in total. The summed E-state index contributed by atoms with van der Waals surface area (Å²) < 4.78 is 29.1. The van der Waals surface area contributed by atoms with Gasteiger partial charge in [-0.3, -0.25) is 0 Å². The van der Waals surface area contributed by atoms with Crippen molar-refractivity contribution in [1.82, 2.24) is 0 Å². The minimum atomic E-state index is -2.82. The van der Waals surface area contributed by atoms with Gasteiger partial charge in [0.1, 0.15) is 5.75 Å². The van der Waals surface area contributed by atoms with Crippen molar-refractivity contribution in [2.75, 3.05) is 0 Å². The molecule has 0 fully saturated rings. The summed E-state index contributed by atoms with van der Waals surface area (Å²) in [6.45, 7) is 3.44. The molecular formula is C14H21F2NO. The van der Waals surface area contributed by atoms with Gasteiger partial charge in [-0.15, -0.1) is 0 Å². The lowest BCUT2D eigenvalue weighted by Crippen LogP contribution is -2.21. The molecule has 0 spiro atoms. The maximum Gasteiger partial charge on any atom is 0.387 e. The van der Waals surface area contributed by atoms with Crippen LogP contribution in [-0.2, 0) is 0 Å². The molecule has 0 amide bonds. The van der Waals surface area contributed by atoms with Gasteiger partial charge >= 0.3 is 6.61 Å². The Bertz CT molecular complexity index is 369. The number of nitrogens with two attached hydrogens (primary N) is 1. The minimum absolute atomic E-state index is 0.176. The summed E-state index contributed by atoms with van der Waals surface area (Å²) in [5, 5.41) is 0. The molecule has 102 valence electrons. The van der Waals surface area contributed by atoms with E-state index in [0.29, 0.717) is 11.5 Å². The second-order valence-corrected chi connectivity index (χ2v) is 5.05. The summed E-state index contributed by atoms with van der Waals surface area (Å²) in [5.74, 6) is 0.914. The van der Waals surface area contributed by atoms with Crippen LogP contribution in [0.2, 0.25) is 0 Å². The van der Waals surface area contributed by atoms with Crippen LogP contribution < -0.4 is 10.5 Å². The highest BCUT2D eigenvalue weighted by Crippen LogP contribution is 2.31. The van der Waals surface area contributed by atoms with Crippen LogP contribution in [0.4, 0.5) is 8.78 Å². The topological polar surface area (TPSA) is 35.2 Å². The fourth-order valence-electron chi connectivity index (χ4n) is 2.16. The molecule has 2 unspecified atom stereocenters. The first-order valence-electron chi connectivity index (χ1n) is 6.21. The van der Waals surface area contributed by atoms with Crippen molar-refractivity contribution < 1.29 is 13.5 Å². The molecule has 1 aromatic rings. The summed E-state index contributed by atoms with van der Waals surface area (Å²) in [7, 11) is 0.